The van der Waals surface area contributed by atoms with Crippen LogP contribution in [0.1, 0.15) is 88.4 Å². The van der Waals surface area contributed by atoms with Crippen LogP contribution in [0.5, 0.6) is 11.6 Å². The van der Waals surface area contributed by atoms with Crippen LogP contribution in [0.3, 0.4) is 0 Å². The third-order valence-electron chi connectivity index (χ3n) is 13.3. The van der Waals surface area contributed by atoms with Gasteiger partial charge in [-0.05, 0) is 111 Å². The molecule has 1 fully saturated rings. The van der Waals surface area contributed by atoms with Gasteiger partial charge < -0.3 is 28.8 Å². The molecular formula is C45H54N4O8Si. The summed E-state index contributed by atoms with van der Waals surface area (Å²) in [5, 5.41) is 21.1. The average molecular weight is 807 g/mol. The Balaban J connectivity index is 1.34. The number of ether oxygens (including phenoxy) is 2. The summed E-state index contributed by atoms with van der Waals surface area (Å²) in [7, 11) is 2.39. The molecule has 306 valence electrons. The molecule has 0 radical (unpaired) electrons. The Morgan fingerprint density at radius 1 is 1.07 bits per heavy atom. The van der Waals surface area contributed by atoms with Crippen molar-refractivity contribution in [1.82, 2.24) is 20.3 Å². The first-order chi connectivity index (χ1) is 27.5. The summed E-state index contributed by atoms with van der Waals surface area (Å²) in [4.78, 5) is 48.3. The SMILES string of the molecule is CNC(=O)Oc1c2c(c(C)c3cc(CN4CCC4)ccc13)C(=O)C1=C(O)[C@]3(O[Si](C)(C)C(C)(C)C)C(=O)c4c(OCc5ccccc5)noc4[C@@H](N(C)C)[C@@H]3C[C@@H]1C2. The first-order valence-electron chi connectivity index (χ1n) is 20.2. The number of Topliss-reactive ketones (excluding diaryl/α,β-unsaturated/α-hetero) is 2. The number of likely N-dealkylation sites (tertiary alicyclic amines) is 1. The predicted molar refractivity (Wildman–Crippen MR) is 222 cm³/mol. The molecule has 13 heteroatoms. The Bertz CT molecular complexity index is 2360. The van der Waals surface area contributed by atoms with Crippen molar-refractivity contribution in [2.24, 2.45) is 11.8 Å². The number of carbonyl (C=O) groups excluding carboxylic acids is 3. The van der Waals surface area contributed by atoms with Crippen molar-refractivity contribution in [3.63, 3.8) is 0 Å². The molecule has 3 aliphatic carbocycles. The number of benzene rings is 3. The van der Waals surface area contributed by atoms with E-state index >= 15 is 9.59 Å². The van der Waals surface area contributed by atoms with Crippen molar-refractivity contribution >= 4 is 36.7 Å². The topological polar surface area (TPSA) is 144 Å². The molecule has 4 aromatic rings. The van der Waals surface area contributed by atoms with Crippen LogP contribution in [0.15, 0.2) is 64.4 Å². The minimum atomic E-state index is -2.90. The minimum Gasteiger partial charge on any atom is -0.508 e. The van der Waals surface area contributed by atoms with E-state index in [1.807, 2.05) is 75.4 Å². The van der Waals surface area contributed by atoms with Crippen LogP contribution in [0.2, 0.25) is 18.1 Å². The number of aromatic nitrogens is 1. The molecule has 1 aromatic heterocycles. The van der Waals surface area contributed by atoms with Crippen LogP contribution in [0.4, 0.5) is 4.79 Å². The maximum Gasteiger partial charge on any atom is 0.412 e. The summed E-state index contributed by atoms with van der Waals surface area (Å²) < 4.78 is 25.6. The number of aryl methyl sites for hydroxylation is 1. The van der Waals surface area contributed by atoms with E-state index in [2.05, 4.69) is 48.3 Å². The van der Waals surface area contributed by atoms with Crippen molar-refractivity contribution in [1.29, 1.82) is 0 Å². The van der Waals surface area contributed by atoms with E-state index in [4.69, 9.17) is 18.4 Å². The van der Waals surface area contributed by atoms with Gasteiger partial charge >= 0.3 is 6.09 Å². The number of hydrogen-bond acceptors (Lipinski definition) is 11. The van der Waals surface area contributed by atoms with Gasteiger partial charge in [-0.15, -0.1) is 0 Å². The molecule has 0 saturated carbocycles. The van der Waals surface area contributed by atoms with Gasteiger partial charge in [0.05, 0.1) is 6.04 Å². The summed E-state index contributed by atoms with van der Waals surface area (Å²) >= 11 is 0. The normalized spacial score (nSPS) is 23.2. The highest BCUT2D eigenvalue weighted by atomic mass is 28.4. The Morgan fingerprint density at radius 3 is 2.43 bits per heavy atom. The fourth-order valence-electron chi connectivity index (χ4n) is 9.25. The molecule has 0 spiro atoms. The van der Waals surface area contributed by atoms with Gasteiger partial charge in [-0.1, -0.05) is 63.2 Å². The third-order valence-corrected chi connectivity index (χ3v) is 17.8. The van der Waals surface area contributed by atoms with E-state index in [0.29, 0.717) is 29.1 Å². The number of hydrogen-bond donors (Lipinski definition) is 2. The Kier molecular flexibility index (Phi) is 9.97. The lowest BCUT2D eigenvalue weighted by atomic mass is 9.58. The molecule has 0 bridgehead atoms. The molecule has 12 nitrogen and oxygen atoms in total. The van der Waals surface area contributed by atoms with Crippen LogP contribution in [-0.4, -0.2) is 85.9 Å². The molecule has 4 atom stereocenters. The van der Waals surface area contributed by atoms with Crippen molar-refractivity contribution in [2.45, 2.75) is 89.9 Å². The lowest BCUT2D eigenvalue weighted by molar-refractivity contribution is -0.0480. The molecule has 1 saturated heterocycles. The zero-order valence-corrected chi connectivity index (χ0v) is 35.9. The monoisotopic (exact) mass is 806 g/mol. The van der Waals surface area contributed by atoms with Gasteiger partial charge in [0, 0.05) is 41.6 Å². The lowest BCUT2D eigenvalue weighted by Crippen LogP contribution is -2.65. The molecule has 2 heterocycles. The van der Waals surface area contributed by atoms with Gasteiger partial charge in [0.25, 0.3) is 5.88 Å². The molecule has 58 heavy (non-hydrogen) atoms. The lowest BCUT2D eigenvalue weighted by Gasteiger charge is -2.55. The number of fused-ring (bicyclic) bond motifs is 5. The maximum absolute atomic E-state index is 15.6. The number of nitrogens with one attached hydrogen (secondary N) is 1. The van der Waals surface area contributed by atoms with Crippen molar-refractivity contribution in [3.8, 4) is 11.6 Å². The fraction of sp³-hybridized carbons (Fsp3) is 0.467. The van der Waals surface area contributed by atoms with Gasteiger partial charge in [-0.25, -0.2) is 4.79 Å². The number of nitrogens with zero attached hydrogens (tertiary/aromatic N) is 3. The van der Waals surface area contributed by atoms with Gasteiger partial charge in [0.2, 0.25) is 5.78 Å². The van der Waals surface area contributed by atoms with Crippen molar-refractivity contribution in [2.75, 3.05) is 34.2 Å². The van der Waals surface area contributed by atoms with Gasteiger partial charge in [0.1, 0.15) is 23.7 Å². The van der Waals surface area contributed by atoms with Crippen LogP contribution in [0, 0.1) is 18.8 Å². The number of allylic oxidation sites excluding steroid dienone is 1. The number of carbonyl (C=O) groups is 3. The summed E-state index contributed by atoms with van der Waals surface area (Å²) in [5.74, 6) is -1.86. The number of aliphatic hydroxyl groups is 1. The van der Waals surface area contributed by atoms with E-state index in [1.54, 1.807) is 0 Å². The summed E-state index contributed by atoms with van der Waals surface area (Å²) in [6, 6.07) is 15.1. The number of aliphatic hydroxyl groups excluding tert-OH is 1. The quantitative estimate of drug-likeness (QED) is 0.159. The second-order valence-corrected chi connectivity index (χ2v) is 22.9. The number of amides is 1. The van der Waals surface area contributed by atoms with E-state index in [0.717, 1.165) is 53.5 Å². The molecule has 4 aliphatic rings. The highest BCUT2D eigenvalue weighted by molar-refractivity contribution is 6.74. The summed E-state index contributed by atoms with van der Waals surface area (Å²) in [6.45, 7) is 15.2. The standard InChI is InChI=1S/C45H54N4O8Si/c1-25-30-20-27(23-49-18-13-19-49)16-17-29(30)38(55-43(53)46-5)31-21-28-22-32-36(48(6)7)39-35(42(47-56-39)54-24-26-14-11-10-12-15-26)41(52)45(32,57-58(8,9)44(2,3)4)40(51)34(28)37(50)33(25)31/h10-12,14-17,20,28,32,36,51H,13,18-19,21-24H2,1-9H3,(H,46,53)/t28-,32-,36-,45-/m0/s1. The first-order valence-corrected chi connectivity index (χ1v) is 23.1. The maximum atomic E-state index is 15.6. The fourth-order valence-corrected chi connectivity index (χ4v) is 10.7. The number of rotatable bonds is 9. The van der Waals surface area contributed by atoms with Crippen molar-refractivity contribution < 1.29 is 37.9 Å². The van der Waals surface area contributed by atoms with Gasteiger partial charge in [-0.3, -0.25) is 19.4 Å². The number of ketones is 2. The molecule has 0 unspecified atom stereocenters. The molecule has 3 aromatic carbocycles. The van der Waals surface area contributed by atoms with E-state index in [1.165, 1.54) is 7.05 Å². The summed E-state index contributed by atoms with van der Waals surface area (Å²) in [5.41, 5.74) is 1.99. The zero-order valence-electron chi connectivity index (χ0n) is 34.9. The minimum absolute atomic E-state index is 0.0138. The van der Waals surface area contributed by atoms with Gasteiger partial charge in [-0.2, -0.15) is 0 Å². The van der Waals surface area contributed by atoms with Crippen LogP contribution in [0.25, 0.3) is 10.8 Å². The zero-order chi connectivity index (χ0) is 41.5. The first kappa shape index (κ1) is 40.0. The highest BCUT2D eigenvalue weighted by Gasteiger charge is 2.67. The Labute approximate surface area is 340 Å². The molecule has 1 aliphatic heterocycles. The van der Waals surface area contributed by atoms with Crippen LogP contribution < -0.4 is 14.8 Å². The highest BCUT2D eigenvalue weighted by Crippen LogP contribution is 2.60. The summed E-state index contributed by atoms with van der Waals surface area (Å²) in [6.07, 6.45) is 1.10. The van der Waals surface area contributed by atoms with E-state index in [9.17, 15) is 9.90 Å². The largest absolute Gasteiger partial charge is 0.508 e. The average Bonchev–Trinajstić information content (AvgIpc) is 3.58. The molecule has 8 rings (SSSR count). The third kappa shape index (κ3) is 6.29. The molecule has 2 N–H and O–H groups in total. The second-order valence-electron chi connectivity index (χ2n) is 18.1. The van der Waals surface area contributed by atoms with Crippen LogP contribution >= 0.6 is 0 Å². The molecular weight excluding hydrogens is 753 g/mol. The van der Waals surface area contributed by atoms with E-state index < -0.39 is 49.5 Å². The Morgan fingerprint density at radius 2 is 1.79 bits per heavy atom. The van der Waals surface area contributed by atoms with E-state index in [-0.39, 0.29) is 40.8 Å². The van der Waals surface area contributed by atoms with Gasteiger partial charge in [0.15, 0.2) is 25.5 Å². The smallest absolute Gasteiger partial charge is 0.412 e. The predicted octanol–water partition coefficient (Wildman–Crippen LogP) is 8.09. The molecule has 1 amide bonds. The van der Waals surface area contributed by atoms with Crippen LogP contribution in [-0.2, 0) is 24.0 Å². The second kappa shape index (κ2) is 14.5. The van der Waals surface area contributed by atoms with Crippen molar-refractivity contribution in [3.05, 3.63) is 99.0 Å². The Hall–Kier alpha value is -4.82.